The highest BCUT2D eigenvalue weighted by Crippen LogP contribution is 2.43. The van der Waals surface area contributed by atoms with Crippen molar-refractivity contribution in [3.8, 4) is 0 Å². The van der Waals surface area contributed by atoms with Crippen LogP contribution in [0.2, 0.25) is 5.02 Å². The van der Waals surface area contributed by atoms with Crippen molar-refractivity contribution in [3.63, 3.8) is 0 Å². The van der Waals surface area contributed by atoms with Crippen LogP contribution in [-0.4, -0.2) is 70.1 Å². The molecule has 1 saturated carbocycles. The van der Waals surface area contributed by atoms with E-state index in [1.807, 2.05) is 0 Å². The van der Waals surface area contributed by atoms with Gasteiger partial charge in [0, 0.05) is 12.0 Å². The lowest BCUT2D eigenvalue weighted by Crippen LogP contribution is -2.61. The van der Waals surface area contributed by atoms with E-state index in [9.17, 15) is 28.8 Å². The molecule has 4 N–H and O–H groups in total. The molecular weight excluding hydrogens is 540 g/mol. The molecule has 1 aromatic carbocycles. The predicted molar refractivity (Wildman–Crippen MR) is 148 cm³/mol. The molecule has 2 bridgehead atoms. The summed E-state index contributed by atoms with van der Waals surface area (Å²) in [5.41, 5.74) is -0.420. The van der Waals surface area contributed by atoms with E-state index in [-0.39, 0.29) is 40.1 Å². The minimum Gasteiger partial charge on any atom is -0.481 e. The molecule has 2 fully saturated rings. The molecule has 40 heavy (non-hydrogen) atoms. The number of carbonyl (C=O) groups is 6. The van der Waals surface area contributed by atoms with E-state index in [0.717, 1.165) is 0 Å². The zero-order valence-electron chi connectivity index (χ0n) is 23.3. The van der Waals surface area contributed by atoms with Gasteiger partial charge < -0.3 is 30.8 Å². The second-order valence-corrected chi connectivity index (χ2v) is 12.2. The van der Waals surface area contributed by atoms with Crippen LogP contribution in [0, 0.1) is 17.3 Å². The molecule has 0 aromatic heterocycles. The van der Waals surface area contributed by atoms with Gasteiger partial charge in [0.25, 0.3) is 5.91 Å². The fourth-order valence-corrected chi connectivity index (χ4v) is 5.58. The van der Waals surface area contributed by atoms with Crippen molar-refractivity contribution in [2.45, 2.75) is 84.5 Å². The van der Waals surface area contributed by atoms with Gasteiger partial charge in [-0.05, 0) is 42.7 Å². The number of benzene rings is 1. The van der Waals surface area contributed by atoms with Gasteiger partial charge in [-0.3, -0.25) is 24.0 Å². The Balaban J connectivity index is 1.86. The number of amides is 4. The number of carboxylic acids is 1. The molecule has 0 radical (unpaired) electrons. The topological polar surface area (TPSA) is 162 Å². The lowest BCUT2D eigenvalue weighted by Gasteiger charge is -2.40. The van der Waals surface area contributed by atoms with Gasteiger partial charge in [0.05, 0.1) is 28.7 Å². The maximum absolute atomic E-state index is 14.0. The van der Waals surface area contributed by atoms with Gasteiger partial charge in [0.15, 0.2) is 0 Å². The number of nitrogens with one attached hydrogen (secondary N) is 3. The summed E-state index contributed by atoms with van der Waals surface area (Å²) < 4.78 is 0. The summed E-state index contributed by atoms with van der Waals surface area (Å²) in [5.74, 6) is -3.60. The number of hydrogen-bond acceptors (Lipinski definition) is 6. The molecule has 1 aromatic rings. The number of fused-ring (bicyclic) bond motifs is 2. The Hall–Kier alpha value is -3.47. The molecule has 1 aliphatic carbocycles. The first-order valence-electron chi connectivity index (χ1n) is 13.4. The van der Waals surface area contributed by atoms with Crippen LogP contribution in [0.3, 0.4) is 0 Å². The summed E-state index contributed by atoms with van der Waals surface area (Å²) in [4.78, 5) is 76.8. The third-order valence-electron chi connectivity index (χ3n) is 7.41. The van der Waals surface area contributed by atoms with Crippen LogP contribution in [0.25, 0.3) is 0 Å². The molecule has 0 spiro atoms. The van der Waals surface area contributed by atoms with E-state index in [1.54, 1.807) is 46.8 Å². The summed E-state index contributed by atoms with van der Waals surface area (Å²) >= 11 is 6.48. The maximum atomic E-state index is 14.0. The second kappa shape index (κ2) is 12.4. The zero-order chi connectivity index (χ0) is 29.9. The second-order valence-electron chi connectivity index (χ2n) is 11.8. The average molecular weight is 577 g/mol. The van der Waals surface area contributed by atoms with E-state index < -0.39 is 53.7 Å². The van der Waals surface area contributed by atoms with E-state index in [1.165, 1.54) is 11.0 Å². The van der Waals surface area contributed by atoms with Crippen molar-refractivity contribution in [1.82, 2.24) is 15.5 Å². The van der Waals surface area contributed by atoms with E-state index in [2.05, 4.69) is 16.0 Å². The largest absolute Gasteiger partial charge is 0.481 e. The van der Waals surface area contributed by atoms with Crippen molar-refractivity contribution in [2.75, 3.05) is 5.32 Å². The maximum Gasteiger partial charge on any atom is 0.305 e. The Morgan fingerprint density at radius 1 is 1.12 bits per heavy atom. The minimum atomic E-state index is -1.24. The molecule has 5 unspecified atom stereocenters. The normalized spacial score (nSPS) is 21.5. The lowest BCUT2D eigenvalue weighted by molar-refractivity contribution is -0.147. The molecule has 1 aliphatic heterocycles. The Bertz CT molecular complexity index is 1200. The van der Waals surface area contributed by atoms with Gasteiger partial charge in [-0.15, -0.1) is 0 Å². The van der Waals surface area contributed by atoms with Crippen LogP contribution >= 0.6 is 11.6 Å². The molecule has 2 aliphatic rings. The van der Waals surface area contributed by atoms with Gasteiger partial charge >= 0.3 is 5.97 Å². The monoisotopic (exact) mass is 576 g/mol. The van der Waals surface area contributed by atoms with Gasteiger partial charge in [0.1, 0.15) is 18.4 Å². The van der Waals surface area contributed by atoms with Crippen LogP contribution in [0.15, 0.2) is 18.2 Å². The Labute approximate surface area is 238 Å². The molecule has 12 heteroatoms. The van der Waals surface area contributed by atoms with Crippen molar-refractivity contribution < 1.29 is 33.9 Å². The number of rotatable bonds is 10. The number of carboxylic acid groups (broad SMARTS) is 1. The van der Waals surface area contributed by atoms with Crippen LogP contribution in [0.5, 0.6) is 0 Å². The average Bonchev–Trinajstić information content (AvgIpc) is 3.48. The third-order valence-corrected chi connectivity index (χ3v) is 7.82. The molecule has 1 saturated heterocycles. The first-order valence-corrected chi connectivity index (χ1v) is 13.7. The minimum absolute atomic E-state index is 0.0323. The molecule has 4 amide bonds. The van der Waals surface area contributed by atoms with E-state index in [0.29, 0.717) is 25.5 Å². The first-order chi connectivity index (χ1) is 18.6. The van der Waals surface area contributed by atoms with Crippen LogP contribution < -0.4 is 16.0 Å². The molecular formula is C28H37ClN4O7. The van der Waals surface area contributed by atoms with Gasteiger partial charge in [0.2, 0.25) is 17.7 Å². The summed E-state index contributed by atoms with van der Waals surface area (Å²) in [6.45, 7) is 8.81. The quantitative estimate of drug-likeness (QED) is 0.311. The van der Waals surface area contributed by atoms with Crippen LogP contribution in [-0.2, 0) is 24.0 Å². The SMILES string of the molecule is CC(C)C(=O)Nc1cccc(C(=O)NC(C(=O)N2C3CCC(C3)C2C(=O)NC(C=O)CC(=O)O)C(C)(C)C)c1Cl. The first kappa shape index (κ1) is 31.1. The highest BCUT2D eigenvalue weighted by Gasteiger charge is 2.53. The molecule has 1 heterocycles. The number of halogens is 1. The van der Waals surface area contributed by atoms with Crippen LogP contribution in [0.4, 0.5) is 5.69 Å². The van der Waals surface area contributed by atoms with Gasteiger partial charge in [-0.2, -0.15) is 0 Å². The summed E-state index contributed by atoms with van der Waals surface area (Å²) in [7, 11) is 0. The van der Waals surface area contributed by atoms with E-state index in [4.69, 9.17) is 16.7 Å². The summed E-state index contributed by atoms with van der Waals surface area (Å²) in [6, 6.07) is 1.27. The number of likely N-dealkylation sites (tertiary alicyclic amines) is 1. The van der Waals surface area contributed by atoms with Crippen LogP contribution in [0.1, 0.15) is 70.7 Å². The molecule has 3 rings (SSSR count). The lowest BCUT2D eigenvalue weighted by atomic mass is 9.84. The fourth-order valence-electron chi connectivity index (χ4n) is 5.32. The summed E-state index contributed by atoms with van der Waals surface area (Å²) in [6.07, 6.45) is 1.81. The number of piperidine rings is 1. The highest BCUT2D eigenvalue weighted by atomic mass is 35.5. The molecule has 5 atom stereocenters. The number of anilines is 1. The zero-order valence-corrected chi connectivity index (χ0v) is 24.1. The number of hydrogen-bond donors (Lipinski definition) is 4. The number of aldehydes is 1. The van der Waals surface area contributed by atoms with Gasteiger partial charge in [-0.1, -0.05) is 52.3 Å². The Kier molecular flexibility index (Phi) is 9.60. The number of nitrogens with zero attached hydrogens (tertiary/aromatic N) is 1. The summed E-state index contributed by atoms with van der Waals surface area (Å²) in [5, 5.41) is 17.0. The predicted octanol–water partition coefficient (Wildman–Crippen LogP) is 2.62. The number of aliphatic carboxylic acids is 1. The smallest absolute Gasteiger partial charge is 0.305 e. The highest BCUT2D eigenvalue weighted by molar-refractivity contribution is 6.37. The van der Waals surface area contributed by atoms with Crippen molar-refractivity contribution in [1.29, 1.82) is 0 Å². The molecule has 218 valence electrons. The van der Waals surface area contributed by atoms with Crippen molar-refractivity contribution >= 4 is 53.2 Å². The Morgan fingerprint density at radius 3 is 2.38 bits per heavy atom. The fraction of sp³-hybridized carbons (Fsp3) is 0.571. The van der Waals surface area contributed by atoms with Crippen molar-refractivity contribution in [3.05, 3.63) is 28.8 Å². The Morgan fingerprint density at radius 2 is 1.80 bits per heavy atom. The van der Waals surface area contributed by atoms with E-state index >= 15 is 0 Å². The van der Waals surface area contributed by atoms with Gasteiger partial charge in [-0.25, -0.2) is 0 Å². The standard InChI is InChI=1S/C28H37ClN4O7/c1-14(2)24(37)31-19-8-6-7-18(21(19)29)25(38)32-23(28(3,4)5)27(40)33-17-10-9-15(11-17)22(33)26(39)30-16(13-34)12-20(35)36/h6-8,13-17,22-23H,9-12H2,1-5H3,(H,30,39)(H,31,37)(H,32,38)(H,35,36). The van der Waals surface area contributed by atoms with Crippen molar-refractivity contribution in [2.24, 2.45) is 17.3 Å². The molecule has 11 nitrogen and oxygen atoms in total. The number of carbonyl (C=O) groups excluding carboxylic acids is 5. The third kappa shape index (κ3) is 6.80.